The summed E-state index contributed by atoms with van der Waals surface area (Å²) in [7, 11) is 0. The fourth-order valence-corrected chi connectivity index (χ4v) is 2.39. The van der Waals surface area contributed by atoms with Crippen molar-refractivity contribution in [1.29, 1.82) is 0 Å². The van der Waals surface area contributed by atoms with Crippen molar-refractivity contribution in [2.45, 2.75) is 32.2 Å². The second-order valence-electron chi connectivity index (χ2n) is 3.00. The molecule has 2 nitrogen and oxygen atoms in total. The van der Waals surface area contributed by atoms with Crippen LogP contribution in [0.5, 0.6) is 0 Å². The lowest BCUT2D eigenvalue weighted by Crippen LogP contribution is -2.27. The van der Waals surface area contributed by atoms with Gasteiger partial charge in [-0.2, -0.15) is 0 Å². The van der Waals surface area contributed by atoms with Crippen LogP contribution in [0.15, 0.2) is 12.1 Å². The molecule has 1 atom stereocenters. The fourth-order valence-electron chi connectivity index (χ4n) is 1.23. The van der Waals surface area contributed by atoms with Crippen molar-refractivity contribution < 1.29 is 0 Å². The summed E-state index contributed by atoms with van der Waals surface area (Å²) >= 11 is 7.44. The lowest BCUT2D eigenvalue weighted by Gasteiger charge is -2.12. The highest BCUT2D eigenvalue weighted by Crippen LogP contribution is 2.29. The van der Waals surface area contributed by atoms with Gasteiger partial charge in [-0.1, -0.05) is 31.4 Å². The number of hydrazine groups is 1. The molecule has 0 aromatic carbocycles. The molecule has 0 aliphatic carbocycles. The van der Waals surface area contributed by atoms with Crippen LogP contribution in [-0.2, 0) is 0 Å². The largest absolute Gasteiger partial charge is 0.271 e. The molecule has 0 saturated heterocycles. The summed E-state index contributed by atoms with van der Waals surface area (Å²) in [5, 5.41) is 0. The third kappa shape index (κ3) is 3.27. The van der Waals surface area contributed by atoms with E-state index >= 15 is 0 Å². The Morgan fingerprint density at radius 1 is 1.62 bits per heavy atom. The molecule has 1 rings (SSSR count). The first-order valence-corrected chi connectivity index (χ1v) is 5.68. The molecule has 74 valence electrons. The molecule has 1 unspecified atom stereocenters. The highest BCUT2D eigenvalue weighted by molar-refractivity contribution is 7.16. The van der Waals surface area contributed by atoms with E-state index in [2.05, 4.69) is 12.3 Å². The predicted molar refractivity (Wildman–Crippen MR) is 58.9 cm³/mol. The smallest absolute Gasteiger partial charge is 0.0931 e. The van der Waals surface area contributed by atoms with Crippen molar-refractivity contribution >= 4 is 22.9 Å². The number of nitrogens with two attached hydrogens (primary N) is 1. The van der Waals surface area contributed by atoms with Gasteiger partial charge in [0.15, 0.2) is 0 Å². The molecule has 0 radical (unpaired) electrons. The van der Waals surface area contributed by atoms with Crippen LogP contribution < -0.4 is 11.3 Å². The molecule has 1 heterocycles. The molecule has 0 fully saturated rings. The minimum atomic E-state index is 0.262. The van der Waals surface area contributed by atoms with Gasteiger partial charge in [-0.3, -0.25) is 11.3 Å². The van der Waals surface area contributed by atoms with Crippen molar-refractivity contribution in [3.05, 3.63) is 21.3 Å². The van der Waals surface area contributed by atoms with Gasteiger partial charge in [-0.25, -0.2) is 0 Å². The van der Waals surface area contributed by atoms with E-state index in [1.165, 1.54) is 17.7 Å². The van der Waals surface area contributed by atoms with E-state index in [4.69, 9.17) is 17.4 Å². The Kier molecular flexibility index (Phi) is 4.73. The van der Waals surface area contributed by atoms with E-state index in [1.54, 1.807) is 11.3 Å². The third-order valence-corrected chi connectivity index (χ3v) is 3.33. The van der Waals surface area contributed by atoms with Crippen LogP contribution in [0, 0.1) is 0 Å². The van der Waals surface area contributed by atoms with Gasteiger partial charge in [0.1, 0.15) is 0 Å². The Morgan fingerprint density at radius 2 is 2.38 bits per heavy atom. The van der Waals surface area contributed by atoms with Crippen LogP contribution in [0.4, 0.5) is 0 Å². The molecule has 13 heavy (non-hydrogen) atoms. The minimum absolute atomic E-state index is 0.262. The van der Waals surface area contributed by atoms with E-state index in [9.17, 15) is 0 Å². The Hall–Kier alpha value is -0.0900. The zero-order valence-electron chi connectivity index (χ0n) is 7.72. The van der Waals surface area contributed by atoms with Crippen molar-refractivity contribution in [3.63, 3.8) is 0 Å². The summed E-state index contributed by atoms with van der Waals surface area (Å²) in [6.07, 6.45) is 3.45. The quantitative estimate of drug-likeness (QED) is 0.589. The molecule has 0 spiro atoms. The van der Waals surface area contributed by atoms with Crippen LogP contribution in [-0.4, -0.2) is 0 Å². The number of unbranched alkanes of at least 4 members (excludes halogenated alkanes) is 1. The second-order valence-corrected chi connectivity index (χ2v) is 4.75. The van der Waals surface area contributed by atoms with Crippen molar-refractivity contribution in [1.82, 2.24) is 5.43 Å². The molecule has 4 heteroatoms. The first-order valence-electron chi connectivity index (χ1n) is 4.49. The predicted octanol–water partition coefficient (Wildman–Crippen LogP) is 3.10. The standard InChI is InChI=1S/C9H15ClN2S/c1-2-3-4-7(12-11)8-5-6-9(10)13-8/h5-7,12H,2-4,11H2,1H3. The van der Waals surface area contributed by atoms with Gasteiger partial charge in [-0.15, -0.1) is 11.3 Å². The lowest BCUT2D eigenvalue weighted by molar-refractivity contribution is 0.502. The second kappa shape index (κ2) is 5.60. The molecule has 0 bridgehead atoms. The molecular weight excluding hydrogens is 204 g/mol. The van der Waals surface area contributed by atoms with Crippen LogP contribution in [0.3, 0.4) is 0 Å². The maximum absolute atomic E-state index is 5.85. The third-order valence-electron chi connectivity index (χ3n) is 1.98. The number of nitrogens with one attached hydrogen (secondary N) is 1. The molecular formula is C9H15ClN2S. The summed E-state index contributed by atoms with van der Waals surface area (Å²) in [6.45, 7) is 2.18. The van der Waals surface area contributed by atoms with Gasteiger partial charge in [0.05, 0.1) is 10.4 Å². The monoisotopic (exact) mass is 218 g/mol. The lowest BCUT2D eigenvalue weighted by atomic mass is 10.1. The Labute approximate surface area is 88.1 Å². The maximum atomic E-state index is 5.85. The topological polar surface area (TPSA) is 38.0 Å². The summed E-state index contributed by atoms with van der Waals surface area (Å²) < 4.78 is 0.826. The molecule has 0 amide bonds. The summed E-state index contributed by atoms with van der Waals surface area (Å²) in [5.41, 5.74) is 2.82. The number of halogens is 1. The van der Waals surface area contributed by atoms with E-state index in [1.807, 2.05) is 12.1 Å². The maximum Gasteiger partial charge on any atom is 0.0931 e. The van der Waals surface area contributed by atoms with Crippen LogP contribution in [0.25, 0.3) is 0 Å². The minimum Gasteiger partial charge on any atom is -0.271 e. The van der Waals surface area contributed by atoms with Gasteiger partial charge in [-0.05, 0) is 18.6 Å². The number of hydrogen-bond donors (Lipinski definition) is 2. The van der Waals surface area contributed by atoms with Gasteiger partial charge in [0.2, 0.25) is 0 Å². The number of thiophene rings is 1. The van der Waals surface area contributed by atoms with Crippen molar-refractivity contribution in [3.8, 4) is 0 Å². The van der Waals surface area contributed by atoms with Crippen LogP contribution in [0.1, 0.15) is 37.1 Å². The Bertz CT molecular complexity index is 250. The van der Waals surface area contributed by atoms with E-state index in [-0.39, 0.29) is 6.04 Å². The number of rotatable bonds is 5. The molecule has 3 N–H and O–H groups in total. The van der Waals surface area contributed by atoms with E-state index in [0.717, 1.165) is 10.8 Å². The SMILES string of the molecule is CCCCC(NN)c1ccc(Cl)s1. The zero-order valence-corrected chi connectivity index (χ0v) is 9.29. The highest BCUT2D eigenvalue weighted by Gasteiger charge is 2.10. The highest BCUT2D eigenvalue weighted by atomic mass is 35.5. The summed E-state index contributed by atoms with van der Waals surface area (Å²) in [6, 6.07) is 4.21. The fraction of sp³-hybridized carbons (Fsp3) is 0.556. The molecule has 1 aromatic rings. The first kappa shape index (κ1) is 11.0. The van der Waals surface area contributed by atoms with Gasteiger partial charge in [0.25, 0.3) is 0 Å². The number of hydrogen-bond acceptors (Lipinski definition) is 3. The first-order chi connectivity index (χ1) is 6.27. The summed E-state index contributed by atoms with van der Waals surface area (Å²) in [5.74, 6) is 5.47. The normalized spacial score (nSPS) is 13.2. The van der Waals surface area contributed by atoms with Gasteiger partial charge < -0.3 is 0 Å². The summed E-state index contributed by atoms with van der Waals surface area (Å²) in [4.78, 5) is 1.22. The van der Waals surface area contributed by atoms with Crippen molar-refractivity contribution in [2.75, 3.05) is 0 Å². The zero-order chi connectivity index (χ0) is 9.68. The van der Waals surface area contributed by atoms with Crippen LogP contribution >= 0.6 is 22.9 Å². The van der Waals surface area contributed by atoms with E-state index in [0.29, 0.717) is 0 Å². The molecule has 1 aromatic heterocycles. The Morgan fingerprint density at radius 3 is 2.85 bits per heavy atom. The average Bonchev–Trinajstić information content (AvgIpc) is 2.54. The molecule has 0 saturated carbocycles. The molecule has 0 aliphatic heterocycles. The molecule has 0 aliphatic rings. The average molecular weight is 219 g/mol. The van der Waals surface area contributed by atoms with Crippen LogP contribution in [0.2, 0.25) is 4.34 Å². The Balaban J connectivity index is 2.56. The van der Waals surface area contributed by atoms with Crippen molar-refractivity contribution in [2.24, 2.45) is 5.84 Å². The van der Waals surface area contributed by atoms with E-state index < -0.39 is 0 Å². The van der Waals surface area contributed by atoms with Gasteiger partial charge in [0, 0.05) is 4.88 Å². The van der Waals surface area contributed by atoms with Gasteiger partial charge >= 0.3 is 0 Å².